The van der Waals surface area contributed by atoms with E-state index in [0.717, 1.165) is 22.3 Å². The minimum absolute atomic E-state index is 0.0983. The molecule has 0 fully saturated rings. The predicted octanol–water partition coefficient (Wildman–Crippen LogP) is 3.69. The van der Waals surface area contributed by atoms with Crippen LogP contribution in [-0.2, 0) is 19.1 Å². The number of aliphatic carboxylic acids is 1. The molecule has 0 radical (unpaired) electrons. The first-order chi connectivity index (χ1) is 16.1. The van der Waals surface area contributed by atoms with Crippen LogP contribution in [0.2, 0.25) is 0 Å². The SMILES string of the molecule is CCC(NC(=O)[C@H](COC(C)(C)C)NC(=O)OCC1c2ccccc2-c2ccccc21)C(=O)O. The van der Waals surface area contributed by atoms with E-state index in [0.29, 0.717) is 0 Å². The molecule has 0 aromatic heterocycles. The van der Waals surface area contributed by atoms with Gasteiger partial charge in [-0.1, -0.05) is 55.5 Å². The summed E-state index contributed by atoms with van der Waals surface area (Å²) in [6, 6.07) is 13.8. The van der Waals surface area contributed by atoms with Crippen molar-refractivity contribution in [2.45, 2.75) is 57.7 Å². The zero-order valence-corrected chi connectivity index (χ0v) is 20.0. The van der Waals surface area contributed by atoms with Crippen LogP contribution in [0.15, 0.2) is 48.5 Å². The third-order valence-electron chi connectivity index (χ3n) is 5.66. The van der Waals surface area contributed by atoms with Gasteiger partial charge in [0, 0.05) is 5.92 Å². The minimum atomic E-state index is -1.15. The Morgan fingerprint density at radius 2 is 1.50 bits per heavy atom. The zero-order chi connectivity index (χ0) is 24.9. The Morgan fingerprint density at radius 3 is 2.00 bits per heavy atom. The van der Waals surface area contributed by atoms with Gasteiger partial charge < -0.3 is 25.2 Å². The summed E-state index contributed by atoms with van der Waals surface area (Å²) in [4.78, 5) is 36.7. The van der Waals surface area contributed by atoms with Gasteiger partial charge in [0.25, 0.3) is 0 Å². The quantitative estimate of drug-likeness (QED) is 0.517. The van der Waals surface area contributed by atoms with Crippen LogP contribution in [0, 0.1) is 0 Å². The standard InChI is InChI=1S/C26H32N2O6/c1-5-21(24(30)31)27-23(29)22(15-34-26(2,3)4)28-25(32)33-14-20-18-12-8-6-10-16(18)17-11-7-9-13-19(17)20/h6-13,20-22H,5,14-15H2,1-4H3,(H,27,29)(H,28,32)(H,30,31)/t21?,22-/m0/s1. The fourth-order valence-electron chi connectivity index (χ4n) is 3.91. The average molecular weight is 469 g/mol. The van der Waals surface area contributed by atoms with E-state index in [1.165, 1.54) is 0 Å². The molecule has 182 valence electrons. The van der Waals surface area contributed by atoms with E-state index in [4.69, 9.17) is 9.47 Å². The molecule has 1 aliphatic carbocycles. The summed E-state index contributed by atoms with van der Waals surface area (Å²) >= 11 is 0. The minimum Gasteiger partial charge on any atom is -0.480 e. The highest BCUT2D eigenvalue weighted by Crippen LogP contribution is 2.44. The van der Waals surface area contributed by atoms with Gasteiger partial charge in [-0.05, 0) is 49.4 Å². The van der Waals surface area contributed by atoms with Crippen LogP contribution in [0.3, 0.4) is 0 Å². The Morgan fingerprint density at radius 1 is 0.941 bits per heavy atom. The highest BCUT2D eigenvalue weighted by molar-refractivity contribution is 5.89. The van der Waals surface area contributed by atoms with Crippen molar-refractivity contribution in [2.24, 2.45) is 0 Å². The number of amides is 2. The molecule has 8 nitrogen and oxygen atoms in total. The van der Waals surface area contributed by atoms with Gasteiger partial charge in [0.2, 0.25) is 5.91 Å². The van der Waals surface area contributed by atoms with E-state index in [9.17, 15) is 19.5 Å². The molecule has 2 aromatic rings. The number of fused-ring (bicyclic) bond motifs is 3. The predicted molar refractivity (Wildman–Crippen MR) is 128 cm³/mol. The lowest BCUT2D eigenvalue weighted by molar-refractivity contribution is -0.142. The lowest BCUT2D eigenvalue weighted by Gasteiger charge is -2.25. The van der Waals surface area contributed by atoms with E-state index in [1.54, 1.807) is 6.92 Å². The van der Waals surface area contributed by atoms with Crippen molar-refractivity contribution in [3.63, 3.8) is 0 Å². The van der Waals surface area contributed by atoms with Crippen molar-refractivity contribution >= 4 is 18.0 Å². The summed E-state index contributed by atoms with van der Waals surface area (Å²) in [5.41, 5.74) is 3.82. The van der Waals surface area contributed by atoms with E-state index in [2.05, 4.69) is 10.6 Å². The van der Waals surface area contributed by atoms with Crippen LogP contribution in [0.25, 0.3) is 11.1 Å². The lowest BCUT2D eigenvalue weighted by Crippen LogP contribution is -2.54. The fraction of sp³-hybridized carbons (Fsp3) is 0.423. The van der Waals surface area contributed by atoms with Crippen molar-refractivity contribution in [1.82, 2.24) is 10.6 Å². The molecule has 3 N–H and O–H groups in total. The molecule has 2 aromatic carbocycles. The smallest absolute Gasteiger partial charge is 0.407 e. The summed E-state index contributed by atoms with van der Waals surface area (Å²) in [5.74, 6) is -1.91. The van der Waals surface area contributed by atoms with Gasteiger partial charge in [0.15, 0.2) is 0 Å². The second kappa shape index (κ2) is 10.7. The van der Waals surface area contributed by atoms with Gasteiger partial charge in [0.05, 0.1) is 12.2 Å². The number of benzene rings is 2. The number of alkyl carbamates (subject to hydrolysis) is 1. The largest absolute Gasteiger partial charge is 0.480 e. The Kier molecular flexibility index (Phi) is 7.94. The molecular weight excluding hydrogens is 436 g/mol. The summed E-state index contributed by atoms with van der Waals surface area (Å²) in [5, 5.41) is 14.2. The zero-order valence-electron chi connectivity index (χ0n) is 20.0. The van der Waals surface area contributed by atoms with Crippen molar-refractivity contribution < 1.29 is 29.0 Å². The molecule has 0 heterocycles. The Labute approximate surface area is 199 Å². The number of rotatable bonds is 9. The van der Waals surface area contributed by atoms with E-state index in [-0.39, 0.29) is 25.6 Å². The third-order valence-corrected chi connectivity index (χ3v) is 5.66. The molecule has 34 heavy (non-hydrogen) atoms. The maximum atomic E-state index is 12.7. The van der Waals surface area contributed by atoms with Crippen molar-refractivity contribution in [3.8, 4) is 11.1 Å². The summed E-state index contributed by atoms with van der Waals surface area (Å²) in [7, 11) is 0. The second-order valence-electron chi connectivity index (χ2n) is 9.25. The third kappa shape index (κ3) is 6.14. The number of carbonyl (C=O) groups excluding carboxylic acids is 2. The van der Waals surface area contributed by atoms with Crippen LogP contribution in [0.4, 0.5) is 4.79 Å². The van der Waals surface area contributed by atoms with Gasteiger partial charge in [-0.3, -0.25) is 4.79 Å². The Balaban J connectivity index is 1.68. The summed E-state index contributed by atoms with van der Waals surface area (Å²) < 4.78 is 11.2. The number of carbonyl (C=O) groups is 3. The molecule has 2 amide bonds. The molecule has 0 spiro atoms. The van der Waals surface area contributed by atoms with E-state index < -0.39 is 35.7 Å². The fourth-order valence-corrected chi connectivity index (χ4v) is 3.91. The molecular formula is C26H32N2O6. The maximum absolute atomic E-state index is 12.7. The molecule has 0 saturated heterocycles. The number of ether oxygens (including phenoxy) is 2. The first-order valence-electron chi connectivity index (χ1n) is 11.4. The molecule has 0 bridgehead atoms. The number of nitrogens with one attached hydrogen (secondary N) is 2. The van der Waals surface area contributed by atoms with Crippen LogP contribution in [-0.4, -0.2) is 54.0 Å². The van der Waals surface area contributed by atoms with E-state index in [1.807, 2.05) is 69.3 Å². The Hall–Kier alpha value is -3.39. The molecule has 0 saturated carbocycles. The van der Waals surface area contributed by atoms with E-state index >= 15 is 0 Å². The van der Waals surface area contributed by atoms with Crippen LogP contribution >= 0.6 is 0 Å². The van der Waals surface area contributed by atoms with Gasteiger partial charge in [-0.15, -0.1) is 0 Å². The van der Waals surface area contributed by atoms with Crippen molar-refractivity contribution in [2.75, 3.05) is 13.2 Å². The van der Waals surface area contributed by atoms with Gasteiger partial charge in [-0.25, -0.2) is 9.59 Å². The molecule has 0 aliphatic heterocycles. The van der Waals surface area contributed by atoms with Gasteiger partial charge in [-0.2, -0.15) is 0 Å². The van der Waals surface area contributed by atoms with Crippen molar-refractivity contribution in [3.05, 3.63) is 59.7 Å². The van der Waals surface area contributed by atoms with Crippen molar-refractivity contribution in [1.29, 1.82) is 0 Å². The Bertz CT molecular complexity index is 1000. The van der Waals surface area contributed by atoms with Crippen LogP contribution < -0.4 is 10.6 Å². The maximum Gasteiger partial charge on any atom is 0.407 e. The van der Waals surface area contributed by atoms with Gasteiger partial charge >= 0.3 is 12.1 Å². The molecule has 1 unspecified atom stereocenters. The monoisotopic (exact) mass is 468 g/mol. The number of hydrogen-bond acceptors (Lipinski definition) is 5. The normalized spacial score (nSPS) is 14.5. The average Bonchev–Trinajstić information content (AvgIpc) is 3.11. The van der Waals surface area contributed by atoms with Crippen LogP contribution in [0.1, 0.15) is 51.2 Å². The first kappa shape index (κ1) is 25.2. The molecule has 3 rings (SSSR count). The molecule has 1 aliphatic rings. The number of hydrogen-bond donors (Lipinski definition) is 3. The highest BCUT2D eigenvalue weighted by atomic mass is 16.5. The number of carboxylic acids is 1. The molecule has 2 atom stereocenters. The first-order valence-corrected chi connectivity index (χ1v) is 11.4. The topological polar surface area (TPSA) is 114 Å². The van der Waals surface area contributed by atoms with Gasteiger partial charge in [0.1, 0.15) is 18.7 Å². The molecule has 8 heteroatoms. The summed E-state index contributed by atoms with van der Waals surface area (Å²) in [6.07, 6.45) is -0.568. The van der Waals surface area contributed by atoms with Crippen LogP contribution in [0.5, 0.6) is 0 Å². The number of carboxylic acid groups (broad SMARTS) is 1. The second-order valence-corrected chi connectivity index (χ2v) is 9.25. The highest BCUT2D eigenvalue weighted by Gasteiger charge is 2.31. The summed E-state index contributed by atoms with van der Waals surface area (Å²) in [6.45, 7) is 7.08. The lowest BCUT2D eigenvalue weighted by atomic mass is 9.98.